The Morgan fingerprint density at radius 3 is 2.72 bits per heavy atom. The van der Waals surface area contributed by atoms with E-state index in [2.05, 4.69) is 6.92 Å². The van der Waals surface area contributed by atoms with Crippen LogP contribution in [-0.2, 0) is 6.42 Å². The Hall–Kier alpha value is -3.65. The predicted octanol–water partition coefficient (Wildman–Crippen LogP) is 3.62. The van der Waals surface area contributed by atoms with Crippen molar-refractivity contribution in [3.05, 3.63) is 70.9 Å². The van der Waals surface area contributed by atoms with Gasteiger partial charge in [0.2, 0.25) is 0 Å². The van der Waals surface area contributed by atoms with Crippen molar-refractivity contribution in [1.82, 2.24) is 4.98 Å². The predicted molar refractivity (Wildman–Crippen MR) is 109 cm³/mol. The van der Waals surface area contributed by atoms with Crippen molar-refractivity contribution >= 4 is 28.5 Å². The zero-order valence-electron chi connectivity index (χ0n) is 16.0. The van der Waals surface area contributed by atoms with E-state index >= 15 is 0 Å². The summed E-state index contributed by atoms with van der Waals surface area (Å²) >= 11 is 0. The summed E-state index contributed by atoms with van der Waals surface area (Å²) in [5.41, 5.74) is 4.38. The van der Waals surface area contributed by atoms with Crippen molar-refractivity contribution < 1.29 is 14.6 Å². The van der Waals surface area contributed by atoms with Gasteiger partial charge >= 0.3 is 0 Å². The van der Waals surface area contributed by atoms with Crippen LogP contribution in [0.3, 0.4) is 0 Å². The Labute approximate surface area is 168 Å². The molecule has 0 spiro atoms. The second kappa shape index (κ2) is 7.76. The molecule has 0 saturated carbocycles. The number of allylic oxidation sites excluding steroid dienone is 1. The molecule has 2 aromatic carbocycles. The number of carboxylic acid groups (broad SMARTS) is 1. The van der Waals surface area contributed by atoms with Crippen molar-refractivity contribution in [3.8, 4) is 11.8 Å². The van der Waals surface area contributed by atoms with E-state index in [0.717, 1.165) is 28.8 Å². The first-order chi connectivity index (χ1) is 14.1. The summed E-state index contributed by atoms with van der Waals surface area (Å²) in [5.74, 6) is -0.227. The number of nitrogens with zero attached hydrogens (tertiary/aromatic N) is 2. The summed E-state index contributed by atoms with van der Waals surface area (Å²) in [6, 6.07) is 16.7. The lowest BCUT2D eigenvalue weighted by molar-refractivity contribution is -0.254. The molecular weight excluding hydrogens is 364 g/mol. The Kier molecular flexibility index (Phi) is 5.01. The van der Waals surface area contributed by atoms with Crippen LogP contribution in [0.4, 0.5) is 0 Å². The first kappa shape index (κ1) is 18.7. The van der Waals surface area contributed by atoms with E-state index in [9.17, 15) is 9.90 Å². The van der Waals surface area contributed by atoms with E-state index in [4.69, 9.17) is 15.0 Å². The number of carboxylic acids is 1. The molecule has 1 aromatic heterocycles. The number of benzene rings is 2. The topological polar surface area (TPSA) is 86.0 Å². The molecule has 0 saturated heterocycles. The number of pyridine rings is 1. The van der Waals surface area contributed by atoms with Gasteiger partial charge < -0.3 is 14.6 Å². The van der Waals surface area contributed by atoms with Crippen molar-refractivity contribution in [2.45, 2.75) is 19.8 Å². The second-order valence-electron chi connectivity index (χ2n) is 7.32. The molecule has 3 aromatic rings. The highest BCUT2D eigenvalue weighted by Gasteiger charge is 2.25. The third-order valence-corrected chi connectivity index (χ3v) is 5.15. The van der Waals surface area contributed by atoms with Gasteiger partial charge in [-0.3, -0.25) is 0 Å². The number of carbonyl (C=O) groups excluding carboxylic acids is 1. The number of rotatable bonds is 4. The molecule has 1 aliphatic rings. The van der Waals surface area contributed by atoms with Crippen LogP contribution < -0.4 is 9.84 Å². The average Bonchev–Trinajstić information content (AvgIpc) is 2.71. The molecule has 5 nitrogen and oxygen atoms in total. The number of para-hydroxylation sites is 1. The van der Waals surface area contributed by atoms with Gasteiger partial charge in [-0.15, -0.1) is 0 Å². The Morgan fingerprint density at radius 1 is 1.24 bits per heavy atom. The maximum atomic E-state index is 12.0. The lowest BCUT2D eigenvalue weighted by Gasteiger charge is -2.27. The Bertz CT molecular complexity index is 1160. The summed E-state index contributed by atoms with van der Waals surface area (Å²) in [6.45, 7) is 2.12. The van der Waals surface area contributed by atoms with Gasteiger partial charge in [-0.1, -0.05) is 37.3 Å². The summed E-state index contributed by atoms with van der Waals surface area (Å²) in [7, 11) is 0. The summed E-state index contributed by atoms with van der Waals surface area (Å²) < 4.78 is 5.30. The molecule has 0 radical (unpaired) electrons. The van der Waals surface area contributed by atoms with Crippen LogP contribution in [0.1, 0.15) is 40.5 Å². The van der Waals surface area contributed by atoms with Crippen LogP contribution in [-0.4, -0.2) is 17.6 Å². The van der Waals surface area contributed by atoms with Crippen molar-refractivity contribution in [2.75, 3.05) is 6.61 Å². The van der Waals surface area contributed by atoms with Crippen molar-refractivity contribution in [1.29, 1.82) is 5.26 Å². The zero-order valence-corrected chi connectivity index (χ0v) is 16.0. The Balaban J connectivity index is 1.83. The SMILES string of the molecule is C[C@@H]1C/C(=C\c2ccc(OCC#N)cc2)c2nc3ccccc3c(C(=O)[O-])c2C1. The molecule has 0 aliphatic heterocycles. The van der Waals surface area contributed by atoms with E-state index in [1.807, 2.05) is 54.6 Å². The van der Waals surface area contributed by atoms with E-state index in [0.29, 0.717) is 29.0 Å². The molecule has 29 heavy (non-hydrogen) atoms. The monoisotopic (exact) mass is 383 g/mol. The number of fused-ring (bicyclic) bond motifs is 2. The number of hydrogen-bond acceptors (Lipinski definition) is 5. The quantitative estimate of drug-likeness (QED) is 0.687. The molecule has 5 heteroatoms. The number of aromatic nitrogens is 1. The van der Waals surface area contributed by atoms with Gasteiger partial charge in [0.1, 0.15) is 11.8 Å². The van der Waals surface area contributed by atoms with Gasteiger partial charge in [0.05, 0.1) is 17.2 Å². The first-order valence-electron chi connectivity index (χ1n) is 9.50. The molecule has 4 rings (SSSR count). The van der Waals surface area contributed by atoms with E-state index in [-0.39, 0.29) is 12.2 Å². The fourth-order valence-electron chi connectivity index (χ4n) is 3.95. The number of carbonyl (C=O) groups is 1. The van der Waals surface area contributed by atoms with Crippen molar-refractivity contribution in [2.24, 2.45) is 5.92 Å². The van der Waals surface area contributed by atoms with E-state index in [1.165, 1.54) is 0 Å². The molecule has 1 heterocycles. The largest absolute Gasteiger partial charge is 0.545 e. The maximum absolute atomic E-state index is 12.0. The highest BCUT2D eigenvalue weighted by atomic mass is 16.5. The fourth-order valence-corrected chi connectivity index (χ4v) is 3.95. The maximum Gasteiger partial charge on any atom is 0.174 e. The van der Waals surface area contributed by atoms with Crippen LogP contribution >= 0.6 is 0 Å². The molecule has 1 atom stereocenters. The van der Waals surface area contributed by atoms with Crippen LogP contribution in [0.5, 0.6) is 5.75 Å². The van der Waals surface area contributed by atoms with Crippen LogP contribution in [0, 0.1) is 17.2 Å². The summed E-state index contributed by atoms with van der Waals surface area (Å²) in [4.78, 5) is 16.8. The highest BCUT2D eigenvalue weighted by Crippen LogP contribution is 2.38. The molecule has 0 bridgehead atoms. The number of hydrogen-bond donors (Lipinski definition) is 0. The van der Waals surface area contributed by atoms with E-state index in [1.54, 1.807) is 6.07 Å². The fraction of sp³-hybridized carbons (Fsp3) is 0.208. The van der Waals surface area contributed by atoms with Crippen LogP contribution in [0.25, 0.3) is 22.6 Å². The number of ether oxygens (including phenoxy) is 1. The van der Waals surface area contributed by atoms with Crippen molar-refractivity contribution in [3.63, 3.8) is 0 Å². The molecule has 1 aliphatic carbocycles. The smallest absolute Gasteiger partial charge is 0.174 e. The number of nitriles is 1. The van der Waals surface area contributed by atoms with Gasteiger partial charge in [-0.25, -0.2) is 4.98 Å². The second-order valence-corrected chi connectivity index (χ2v) is 7.32. The van der Waals surface area contributed by atoms with Gasteiger partial charge in [0, 0.05) is 10.9 Å². The molecule has 0 unspecified atom stereocenters. The summed E-state index contributed by atoms with van der Waals surface area (Å²) in [5, 5.41) is 21.2. The lowest BCUT2D eigenvalue weighted by Crippen LogP contribution is -2.27. The van der Waals surface area contributed by atoms with Crippen LogP contribution in [0.2, 0.25) is 0 Å². The van der Waals surface area contributed by atoms with Crippen LogP contribution in [0.15, 0.2) is 48.5 Å². The minimum absolute atomic E-state index is 0.00825. The lowest BCUT2D eigenvalue weighted by atomic mass is 9.80. The normalized spacial score (nSPS) is 17.0. The average molecular weight is 383 g/mol. The molecule has 0 N–H and O–H groups in total. The molecule has 0 fully saturated rings. The summed E-state index contributed by atoms with van der Waals surface area (Å²) in [6.07, 6.45) is 3.52. The molecule has 0 amide bonds. The van der Waals surface area contributed by atoms with Gasteiger partial charge in [0.15, 0.2) is 6.61 Å². The minimum Gasteiger partial charge on any atom is -0.545 e. The third-order valence-electron chi connectivity index (χ3n) is 5.15. The van der Waals surface area contributed by atoms with E-state index < -0.39 is 5.97 Å². The van der Waals surface area contributed by atoms with Gasteiger partial charge in [0.25, 0.3) is 0 Å². The standard InChI is InChI=1S/C24H20N2O3/c1-15-12-17(14-16-6-8-18(9-7-16)29-11-10-25)23-20(13-15)22(24(27)28)19-4-2-3-5-21(19)26-23/h2-9,14-15H,11-13H2,1H3,(H,27,28)/p-1/b17-14+/t15-/m1/s1. The third kappa shape index (κ3) is 3.70. The zero-order chi connectivity index (χ0) is 20.4. The molecule has 144 valence electrons. The number of aromatic carboxylic acids is 1. The highest BCUT2D eigenvalue weighted by molar-refractivity contribution is 6.05. The van der Waals surface area contributed by atoms with Gasteiger partial charge in [-0.2, -0.15) is 5.26 Å². The minimum atomic E-state index is -1.16. The van der Waals surface area contributed by atoms with Gasteiger partial charge in [-0.05, 0) is 59.7 Å². The first-order valence-corrected chi connectivity index (χ1v) is 9.50. The Morgan fingerprint density at radius 2 is 2.00 bits per heavy atom. The molecular formula is C24H19N2O3-.